The van der Waals surface area contributed by atoms with Crippen LogP contribution in [-0.4, -0.2) is 17.2 Å². The zero-order valence-electron chi connectivity index (χ0n) is 11.3. The van der Waals surface area contributed by atoms with Crippen LogP contribution < -0.4 is 4.74 Å². The van der Waals surface area contributed by atoms with Crippen LogP contribution in [0.15, 0.2) is 22.7 Å². The standard InChI is InChI=1S/C15H19BrO3/c1-10-12(16)4-3-5-13(10)19-11-6-8-15(2,9-7-11)14(17)18/h3-5,11H,6-9H2,1-2H3,(H,17,18). The molecule has 0 spiro atoms. The predicted octanol–water partition coefficient (Wildman–Crippen LogP) is 4.17. The van der Waals surface area contributed by atoms with E-state index in [1.54, 1.807) is 0 Å². The Morgan fingerprint density at radius 1 is 1.42 bits per heavy atom. The van der Waals surface area contributed by atoms with Gasteiger partial charge in [-0.25, -0.2) is 0 Å². The first-order valence-corrected chi connectivity index (χ1v) is 7.37. The normalized spacial score (nSPS) is 27.0. The number of rotatable bonds is 3. The lowest BCUT2D eigenvalue weighted by Crippen LogP contribution is -2.36. The van der Waals surface area contributed by atoms with Gasteiger partial charge in [0, 0.05) is 10.0 Å². The Labute approximate surface area is 122 Å². The van der Waals surface area contributed by atoms with Gasteiger partial charge >= 0.3 is 5.97 Å². The van der Waals surface area contributed by atoms with Gasteiger partial charge in [0.15, 0.2) is 0 Å². The van der Waals surface area contributed by atoms with Crippen LogP contribution in [0.3, 0.4) is 0 Å². The van der Waals surface area contributed by atoms with E-state index in [1.165, 1.54) is 0 Å². The molecule has 104 valence electrons. The number of carboxylic acid groups (broad SMARTS) is 1. The SMILES string of the molecule is Cc1c(Br)cccc1OC1CCC(C)(C(=O)O)CC1. The second kappa shape index (κ2) is 5.53. The maximum absolute atomic E-state index is 11.2. The van der Waals surface area contributed by atoms with Crippen molar-refractivity contribution in [3.8, 4) is 5.75 Å². The number of benzene rings is 1. The highest BCUT2D eigenvalue weighted by Gasteiger charge is 2.38. The summed E-state index contributed by atoms with van der Waals surface area (Å²) < 4.78 is 7.06. The molecule has 0 saturated heterocycles. The third-order valence-corrected chi connectivity index (χ3v) is 4.92. The lowest BCUT2D eigenvalue weighted by molar-refractivity contribution is -0.150. The average Bonchev–Trinajstić information content (AvgIpc) is 2.37. The summed E-state index contributed by atoms with van der Waals surface area (Å²) in [5, 5.41) is 9.21. The molecule has 0 radical (unpaired) electrons. The quantitative estimate of drug-likeness (QED) is 0.906. The van der Waals surface area contributed by atoms with Crippen LogP contribution in [-0.2, 0) is 4.79 Å². The minimum absolute atomic E-state index is 0.125. The minimum atomic E-state index is -0.690. The van der Waals surface area contributed by atoms with Crippen LogP contribution in [0, 0.1) is 12.3 Å². The summed E-state index contributed by atoms with van der Waals surface area (Å²) in [4.78, 5) is 11.2. The molecule has 0 heterocycles. The molecule has 1 aliphatic carbocycles. The Kier molecular flexibility index (Phi) is 4.19. The third kappa shape index (κ3) is 3.11. The topological polar surface area (TPSA) is 46.5 Å². The van der Waals surface area contributed by atoms with Gasteiger partial charge in [0.05, 0.1) is 11.5 Å². The summed E-state index contributed by atoms with van der Waals surface area (Å²) in [6.07, 6.45) is 3.09. The van der Waals surface area contributed by atoms with Crippen LogP contribution in [0.25, 0.3) is 0 Å². The lowest BCUT2D eigenvalue weighted by Gasteiger charge is -2.34. The van der Waals surface area contributed by atoms with Crippen molar-refractivity contribution in [1.29, 1.82) is 0 Å². The van der Waals surface area contributed by atoms with Crippen LogP contribution in [0.1, 0.15) is 38.2 Å². The molecule has 19 heavy (non-hydrogen) atoms. The van der Waals surface area contributed by atoms with E-state index in [4.69, 9.17) is 4.74 Å². The highest BCUT2D eigenvalue weighted by molar-refractivity contribution is 9.10. The van der Waals surface area contributed by atoms with E-state index in [9.17, 15) is 9.90 Å². The van der Waals surface area contributed by atoms with Gasteiger partial charge in [-0.2, -0.15) is 0 Å². The maximum atomic E-state index is 11.2. The Morgan fingerprint density at radius 3 is 2.63 bits per heavy atom. The van der Waals surface area contributed by atoms with Crippen molar-refractivity contribution in [2.45, 2.75) is 45.6 Å². The summed E-state index contributed by atoms with van der Waals surface area (Å²) in [5.74, 6) is 0.197. The van der Waals surface area contributed by atoms with E-state index in [-0.39, 0.29) is 6.10 Å². The predicted molar refractivity (Wildman–Crippen MR) is 77.5 cm³/mol. The van der Waals surface area contributed by atoms with Crippen LogP contribution in [0.4, 0.5) is 0 Å². The fraction of sp³-hybridized carbons (Fsp3) is 0.533. The molecular weight excluding hydrogens is 308 g/mol. The van der Waals surface area contributed by atoms with Crippen LogP contribution >= 0.6 is 15.9 Å². The third-order valence-electron chi connectivity index (χ3n) is 4.06. The van der Waals surface area contributed by atoms with E-state index in [0.29, 0.717) is 12.8 Å². The Hall–Kier alpha value is -1.03. The molecule has 1 aliphatic rings. The first kappa shape index (κ1) is 14.4. The lowest BCUT2D eigenvalue weighted by atomic mass is 9.75. The monoisotopic (exact) mass is 326 g/mol. The number of aliphatic carboxylic acids is 1. The summed E-state index contributed by atoms with van der Waals surface area (Å²) in [7, 11) is 0. The van der Waals surface area contributed by atoms with E-state index < -0.39 is 11.4 Å². The zero-order chi connectivity index (χ0) is 14.0. The summed E-state index contributed by atoms with van der Waals surface area (Å²) in [5.41, 5.74) is 0.515. The molecule has 1 N–H and O–H groups in total. The van der Waals surface area contributed by atoms with Gasteiger partial charge in [0.25, 0.3) is 0 Å². The molecule has 0 unspecified atom stereocenters. The molecule has 1 saturated carbocycles. The molecule has 0 atom stereocenters. The number of hydrogen-bond acceptors (Lipinski definition) is 2. The first-order chi connectivity index (χ1) is 8.92. The number of hydrogen-bond donors (Lipinski definition) is 1. The molecule has 1 aromatic carbocycles. The molecule has 0 aliphatic heterocycles. The van der Waals surface area contributed by atoms with E-state index in [1.807, 2.05) is 32.0 Å². The van der Waals surface area contributed by atoms with Crippen molar-refractivity contribution in [3.05, 3.63) is 28.2 Å². The van der Waals surface area contributed by atoms with Crippen molar-refractivity contribution in [1.82, 2.24) is 0 Å². The number of ether oxygens (including phenoxy) is 1. The van der Waals surface area contributed by atoms with Gasteiger partial charge in [-0.1, -0.05) is 22.0 Å². The molecule has 4 heteroatoms. The molecular formula is C15H19BrO3. The van der Waals surface area contributed by atoms with Gasteiger partial charge in [0.2, 0.25) is 0 Å². The molecule has 0 bridgehead atoms. The van der Waals surface area contributed by atoms with Gasteiger partial charge in [0.1, 0.15) is 5.75 Å². The van der Waals surface area contributed by atoms with Gasteiger partial charge < -0.3 is 9.84 Å². The largest absolute Gasteiger partial charge is 0.490 e. The fourth-order valence-corrected chi connectivity index (χ4v) is 2.80. The van der Waals surface area contributed by atoms with Crippen LogP contribution in [0.5, 0.6) is 5.75 Å². The highest BCUT2D eigenvalue weighted by Crippen LogP contribution is 2.38. The second-order valence-electron chi connectivity index (χ2n) is 5.55. The van der Waals surface area contributed by atoms with E-state index in [0.717, 1.165) is 28.6 Å². The van der Waals surface area contributed by atoms with E-state index in [2.05, 4.69) is 15.9 Å². The smallest absolute Gasteiger partial charge is 0.309 e. The molecule has 0 amide bonds. The van der Waals surface area contributed by atoms with Crippen molar-refractivity contribution in [2.75, 3.05) is 0 Å². The molecule has 1 fully saturated rings. The Balaban J connectivity index is 2.00. The fourth-order valence-electron chi connectivity index (χ4n) is 2.46. The van der Waals surface area contributed by atoms with E-state index >= 15 is 0 Å². The highest BCUT2D eigenvalue weighted by atomic mass is 79.9. The maximum Gasteiger partial charge on any atom is 0.309 e. The first-order valence-electron chi connectivity index (χ1n) is 6.57. The number of halogens is 1. The molecule has 1 aromatic rings. The summed E-state index contributed by atoms with van der Waals surface area (Å²) in [6, 6.07) is 5.91. The summed E-state index contributed by atoms with van der Waals surface area (Å²) in [6.45, 7) is 3.85. The number of carboxylic acids is 1. The van der Waals surface area contributed by atoms with Crippen molar-refractivity contribution < 1.29 is 14.6 Å². The second-order valence-corrected chi connectivity index (χ2v) is 6.40. The molecule has 3 nitrogen and oxygen atoms in total. The van der Waals surface area contributed by atoms with Crippen molar-refractivity contribution >= 4 is 21.9 Å². The minimum Gasteiger partial charge on any atom is -0.490 e. The zero-order valence-corrected chi connectivity index (χ0v) is 12.9. The average molecular weight is 327 g/mol. The molecule has 0 aromatic heterocycles. The number of carbonyl (C=O) groups is 1. The van der Waals surface area contributed by atoms with Crippen molar-refractivity contribution in [2.24, 2.45) is 5.41 Å². The van der Waals surface area contributed by atoms with Gasteiger partial charge in [-0.05, 0) is 51.7 Å². The van der Waals surface area contributed by atoms with Crippen LogP contribution in [0.2, 0.25) is 0 Å². The summed E-state index contributed by atoms with van der Waals surface area (Å²) >= 11 is 3.49. The van der Waals surface area contributed by atoms with Crippen molar-refractivity contribution in [3.63, 3.8) is 0 Å². The molecule has 2 rings (SSSR count). The Morgan fingerprint density at radius 2 is 2.05 bits per heavy atom. The Bertz CT molecular complexity index is 476. The van der Waals surface area contributed by atoms with Gasteiger partial charge in [-0.3, -0.25) is 4.79 Å². The van der Waals surface area contributed by atoms with Gasteiger partial charge in [-0.15, -0.1) is 0 Å².